The van der Waals surface area contributed by atoms with Crippen molar-refractivity contribution >= 4 is 34.9 Å². The highest BCUT2D eigenvalue weighted by Gasteiger charge is 2.36. The molecule has 4 rings (SSSR count). The first kappa shape index (κ1) is 20.2. The Morgan fingerprint density at radius 1 is 1.23 bits per heavy atom. The number of anilines is 2. The van der Waals surface area contributed by atoms with Gasteiger partial charge in [-0.3, -0.25) is 9.59 Å². The van der Waals surface area contributed by atoms with Gasteiger partial charge < -0.3 is 10.6 Å². The van der Waals surface area contributed by atoms with Gasteiger partial charge in [0.15, 0.2) is 0 Å². The monoisotopic (exact) mass is 422 g/mol. The Labute approximate surface area is 180 Å². The quantitative estimate of drug-likeness (QED) is 0.596. The Kier molecular flexibility index (Phi) is 5.35. The van der Waals surface area contributed by atoms with Gasteiger partial charge in [-0.15, -0.1) is 0 Å². The number of fused-ring (bicyclic) bond motifs is 1. The number of nitrogens with one attached hydrogen (secondary N) is 2. The molecule has 1 aliphatic rings. The third kappa shape index (κ3) is 3.83. The molecule has 1 atom stereocenters. The van der Waals surface area contributed by atoms with E-state index >= 15 is 0 Å². The van der Waals surface area contributed by atoms with Crippen molar-refractivity contribution in [2.75, 3.05) is 10.6 Å². The fraction of sp³-hybridized carbons (Fsp3) is 0.261. The third-order valence-corrected chi connectivity index (χ3v) is 5.51. The first-order valence-corrected chi connectivity index (χ1v) is 10.3. The van der Waals surface area contributed by atoms with E-state index < -0.39 is 6.04 Å². The van der Waals surface area contributed by atoms with Crippen molar-refractivity contribution in [2.24, 2.45) is 0 Å². The summed E-state index contributed by atoms with van der Waals surface area (Å²) < 4.78 is 1.61. The molecule has 0 bridgehead atoms. The number of benzene rings is 2. The molecule has 0 radical (unpaired) electrons. The fourth-order valence-electron chi connectivity index (χ4n) is 3.71. The molecule has 30 heavy (non-hydrogen) atoms. The molecular formula is C23H23ClN4O2. The maximum absolute atomic E-state index is 12.6. The topological polar surface area (TPSA) is 76.0 Å². The zero-order valence-electron chi connectivity index (χ0n) is 17.1. The van der Waals surface area contributed by atoms with Crippen molar-refractivity contribution in [3.63, 3.8) is 0 Å². The fourth-order valence-corrected chi connectivity index (χ4v) is 3.90. The molecule has 6 nitrogen and oxygen atoms in total. The minimum Gasteiger partial charge on any atom is -0.326 e. The smallest absolute Gasteiger partial charge is 0.251 e. The van der Waals surface area contributed by atoms with Gasteiger partial charge >= 0.3 is 0 Å². The molecule has 2 aromatic carbocycles. The molecule has 0 spiro atoms. The second kappa shape index (κ2) is 7.95. The summed E-state index contributed by atoms with van der Waals surface area (Å²) >= 11 is 6.13. The number of carbonyl (C=O) groups is 2. The molecule has 2 N–H and O–H groups in total. The van der Waals surface area contributed by atoms with Crippen molar-refractivity contribution < 1.29 is 9.59 Å². The largest absolute Gasteiger partial charge is 0.326 e. The van der Waals surface area contributed by atoms with E-state index in [0.717, 1.165) is 16.8 Å². The van der Waals surface area contributed by atoms with Crippen LogP contribution in [0.2, 0.25) is 5.02 Å². The van der Waals surface area contributed by atoms with Crippen LogP contribution in [0.15, 0.2) is 48.5 Å². The van der Waals surface area contributed by atoms with Crippen LogP contribution in [0.25, 0.3) is 11.1 Å². The molecule has 7 heteroatoms. The van der Waals surface area contributed by atoms with Crippen LogP contribution in [-0.2, 0) is 9.59 Å². The van der Waals surface area contributed by atoms with Crippen LogP contribution in [0.4, 0.5) is 11.5 Å². The molecule has 0 aliphatic carbocycles. The van der Waals surface area contributed by atoms with Crippen LogP contribution in [0.1, 0.15) is 43.5 Å². The number of aromatic nitrogens is 2. The number of halogens is 1. The van der Waals surface area contributed by atoms with Gasteiger partial charge in [-0.1, -0.05) is 49.7 Å². The van der Waals surface area contributed by atoms with Crippen molar-refractivity contribution in [3.8, 4) is 11.1 Å². The second-order valence-electron chi connectivity index (χ2n) is 7.80. The Balaban J connectivity index is 1.54. The number of nitrogens with zero attached hydrogens (tertiary/aromatic N) is 2. The predicted molar refractivity (Wildman–Crippen MR) is 119 cm³/mol. The summed E-state index contributed by atoms with van der Waals surface area (Å²) in [6, 6.07) is 14.5. The molecule has 3 aromatic rings. The standard InChI is InChI=1S/C23H23ClN4O2/c1-13(2)15-7-9-18(10-8-15)25-20(29)12-19-23(30)26-22-21(14(3)27-28(19)22)16-5-4-6-17(24)11-16/h4-11,13,19H,12H2,1-3H3,(H,25,29)(H,26,30). The average Bonchev–Trinajstić information content (AvgIpc) is 3.16. The lowest BCUT2D eigenvalue weighted by atomic mass is 10.0. The van der Waals surface area contributed by atoms with Crippen LogP contribution in [-0.4, -0.2) is 21.6 Å². The Hall–Kier alpha value is -3.12. The predicted octanol–water partition coefficient (Wildman–Crippen LogP) is 5.16. The lowest BCUT2D eigenvalue weighted by molar-refractivity contribution is -0.123. The van der Waals surface area contributed by atoms with E-state index in [0.29, 0.717) is 22.4 Å². The molecule has 0 saturated heterocycles. The molecule has 2 amide bonds. The number of aryl methyl sites for hydroxylation is 1. The number of hydrogen-bond acceptors (Lipinski definition) is 3. The molecule has 154 valence electrons. The van der Waals surface area contributed by atoms with E-state index in [9.17, 15) is 9.59 Å². The zero-order valence-corrected chi connectivity index (χ0v) is 17.8. The lowest BCUT2D eigenvalue weighted by Crippen LogP contribution is -2.23. The van der Waals surface area contributed by atoms with Gasteiger partial charge in [0.2, 0.25) is 5.91 Å². The molecule has 1 aromatic heterocycles. The molecule has 0 saturated carbocycles. The first-order valence-electron chi connectivity index (χ1n) is 9.89. The molecule has 1 unspecified atom stereocenters. The van der Waals surface area contributed by atoms with E-state index in [-0.39, 0.29) is 18.2 Å². The minimum absolute atomic E-state index is 0.000864. The Bertz CT molecular complexity index is 1120. The minimum atomic E-state index is -0.693. The Morgan fingerprint density at radius 3 is 2.63 bits per heavy atom. The molecule has 2 heterocycles. The van der Waals surface area contributed by atoms with Gasteiger partial charge in [-0.25, -0.2) is 4.68 Å². The number of amides is 2. The van der Waals surface area contributed by atoms with E-state index in [4.69, 9.17) is 11.6 Å². The zero-order chi connectivity index (χ0) is 21.4. The van der Waals surface area contributed by atoms with Crippen LogP contribution in [0, 0.1) is 6.92 Å². The van der Waals surface area contributed by atoms with E-state index in [1.807, 2.05) is 49.4 Å². The highest BCUT2D eigenvalue weighted by atomic mass is 35.5. The van der Waals surface area contributed by atoms with E-state index in [2.05, 4.69) is 29.6 Å². The molecular weight excluding hydrogens is 400 g/mol. The lowest BCUT2D eigenvalue weighted by Gasteiger charge is -2.11. The van der Waals surface area contributed by atoms with Crippen LogP contribution in [0.5, 0.6) is 0 Å². The van der Waals surface area contributed by atoms with Crippen molar-refractivity contribution in [1.29, 1.82) is 0 Å². The third-order valence-electron chi connectivity index (χ3n) is 5.28. The first-order chi connectivity index (χ1) is 14.3. The second-order valence-corrected chi connectivity index (χ2v) is 8.23. The van der Waals surface area contributed by atoms with Gasteiger partial charge in [0.1, 0.15) is 11.9 Å². The molecule has 0 fully saturated rings. The SMILES string of the molecule is Cc1nn2c(c1-c1cccc(Cl)c1)NC(=O)C2CC(=O)Nc1ccc(C(C)C)cc1. The van der Waals surface area contributed by atoms with Gasteiger partial charge in [-0.2, -0.15) is 5.10 Å². The average molecular weight is 423 g/mol. The summed E-state index contributed by atoms with van der Waals surface area (Å²) in [5.74, 6) is 0.537. The van der Waals surface area contributed by atoms with E-state index in [1.54, 1.807) is 10.7 Å². The summed E-state index contributed by atoms with van der Waals surface area (Å²) in [6.07, 6.45) is 0.000864. The normalized spacial score (nSPS) is 15.2. The van der Waals surface area contributed by atoms with Gasteiger partial charge in [0.05, 0.1) is 12.1 Å². The van der Waals surface area contributed by atoms with Crippen molar-refractivity contribution in [3.05, 3.63) is 64.8 Å². The highest BCUT2D eigenvalue weighted by Crippen LogP contribution is 2.38. The van der Waals surface area contributed by atoms with Gasteiger partial charge in [0.25, 0.3) is 5.91 Å². The van der Waals surface area contributed by atoms with Gasteiger partial charge in [0, 0.05) is 16.3 Å². The van der Waals surface area contributed by atoms with Crippen molar-refractivity contribution in [2.45, 2.75) is 39.2 Å². The highest BCUT2D eigenvalue weighted by molar-refractivity contribution is 6.30. The van der Waals surface area contributed by atoms with Gasteiger partial charge in [-0.05, 0) is 48.2 Å². The molecule has 1 aliphatic heterocycles. The summed E-state index contributed by atoms with van der Waals surface area (Å²) in [5, 5.41) is 10.9. The summed E-state index contributed by atoms with van der Waals surface area (Å²) in [5.41, 5.74) is 4.37. The maximum Gasteiger partial charge on any atom is 0.251 e. The maximum atomic E-state index is 12.6. The van der Waals surface area contributed by atoms with E-state index in [1.165, 1.54) is 5.56 Å². The summed E-state index contributed by atoms with van der Waals surface area (Å²) in [6.45, 7) is 6.11. The number of rotatable bonds is 5. The Morgan fingerprint density at radius 2 is 1.97 bits per heavy atom. The van der Waals surface area contributed by atoms with Crippen molar-refractivity contribution in [1.82, 2.24) is 9.78 Å². The summed E-state index contributed by atoms with van der Waals surface area (Å²) in [4.78, 5) is 25.2. The number of hydrogen-bond donors (Lipinski definition) is 2. The van der Waals surface area contributed by atoms with Crippen LogP contribution >= 0.6 is 11.6 Å². The van der Waals surface area contributed by atoms with Crippen LogP contribution in [0.3, 0.4) is 0 Å². The summed E-state index contributed by atoms with van der Waals surface area (Å²) in [7, 11) is 0. The number of carbonyl (C=O) groups excluding carboxylic acids is 2. The van der Waals surface area contributed by atoms with Crippen LogP contribution < -0.4 is 10.6 Å².